The largest absolute Gasteiger partial charge is 0.382 e. The van der Waals surface area contributed by atoms with Gasteiger partial charge in [-0.15, -0.1) is 5.10 Å². The van der Waals surface area contributed by atoms with Gasteiger partial charge >= 0.3 is 0 Å². The van der Waals surface area contributed by atoms with Gasteiger partial charge < -0.3 is 11.1 Å². The molecule has 0 amide bonds. The molecule has 158 valence electrons. The zero-order valence-corrected chi connectivity index (χ0v) is 17.8. The first-order valence-corrected chi connectivity index (χ1v) is 10.5. The van der Waals surface area contributed by atoms with Crippen LogP contribution in [0.3, 0.4) is 0 Å². The fourth-order valence-corrected chi connectivity index (χ4v) is 3.97. The first kappa shape index (κ1) is 19.9. The lowest BCUT2D eigenvalue weighted by molar-refractivity contribution is 0.343. The number of aromatic nitrogens is 8. The van der Waals surface area contributed by atoms with Gasteiger partial charge in [-0.05, 0) is 48.5 Å². The maximum Gasteiger partial charge on any atom is 0.209 e. The van der Waals surface area contributed by atoms with Crippen LogP contribution in [0.4, 0.5) is 5.82 Å². The van der Waals surface area contributed by atoms with Gasteiger partial charge in [-0.25, -0.2) is 9.97 Å². The highest BCUT2D eigenvalue weighted by Crippen LogP contribution is 2.31. The Labute approximate surface area is 187 Å². The molecule has 1 saturated heterocycles. The van der Waals surface area contributed by atoms with Crippen LogP contribution < -0.4 is 11.1 Å². The Morgan fingerprint density at radius 1 is 1.13 bits per heavy atom. The van der Waals surface area contributed by atoms with Crippen molar-refractivity contribution < 1.29 is 0 Å². The van der Waals surface area contributed by atoms with E-state index < -0.39 is 0 Å². The minimum atomic E-state index is 0.198. The fourth-order valence-electron chi connectivity index (χ4n) is 3.60. The molecule has 0 saturated carbocycles. The van der Waals surface area contributed by atoms with E-state index in [0.29, 0.717) is 39.0 Å². The second-order valence-electron chi connectivity index (χ2n) is 7.17. The van der Waals surface area contributed by atoms with Gasteiger partial charge in [-0.3, -0.25) is 4.68 Å². The lowest BCUT2D eigenvalue weighted by atomic mass is 10.1. The molecule has 0 spiro atoms. The highest BCUT2D eigenvalue weighted by Gasteiger charge is 2.21. The summed E-state index contributed by atoms with van der Waals surface area (Å²) >= 11 is 12.5. The minimum absolute atomic E-state index is 0.198. The van der Waals surface area contributed by atoms with Crippen LogP contribution in [0.1, 0.15) is 18.9 Å². The first-order chi connectivity index (χ1) is 15.1. The van der Waals surface area contributed by atoms with Gasteiger partial charge in [0.05, 0.1) is 39.9 Å². The molecule has 0 atom stereocenters. The number of piperidine rings is 1. The van der Waals surface area contributed by atoms with Crippen LogP contribution in [0.15, 0.2) is 36.8 Å². The third kappa shape index (κ3) is 3.73. The van der Waals surface area contributed by atoms with Crippen LogP contribution in [0.25, 0.3) is 28.5 Å². The molecular weight excluding hydrogens is 439 g/mol. The number of benzene rings is 1. The summed E-state index contributed by atoms with van der Waals surface area (Å²) in [5.74, 6) is 0.505. The molecule has 3 N–H and O–H groups in total. The molecule has 0 aliphatic carbocycles. The van der Waals surface area contributed by atoms with Gasteiger partial charge in [0.25, 0.3) is 0 Å². The number of nitrogens with two attached hydrogens (primary N) is 1. The number of nitrogen functional groups attached to an aromatic ring is 1. The van der Waals surface area contributed by atoms with Gasteiger partial charge in [0.15, 0.2) is 11.5 Å². The average Bonchev–Trinajstić information content (AvgIpc) is 3.47. The van der Waals surface area contributed by atoms with Crippen LogP contribution in [0, 0.1) is 0 Å². The van der Waals surface area contributed by atoms with E-state index in [4.69, 9.17) is 28.9 Å². The fraction of sp³-hybridized carbons (Fsp3) is 0.263. The molecule has 31 heavy (non-hydrogen) atoms. The molecule has 4 aromatic rings. The van der Waals surface area contributed by atoms with Crippen molar-refractivity contribution in [3.05, 3.63) is 46.8 Å². The third-order valence-corrected chi connectivity index (χ3v) is 6.03. The Kier molecular flexibility index (Phi) is 5.26. The summed E-state index contributed by atoms with van der Waals surface area (Å²) in [6, 6.07) is 5.57. The zero-order valence-electron chi connectivity index (χ0n) is 16.3. The van der Waals surface area contributed by atoms with E-state index in [1.54, 1.807) is 30.6 Å². The first-order valence-electron chi connectivity index (χ1n) is 9.72. The normalized spacial score (nSPS) is 14.8. The second-order valence-corrected chi connectivity index (χ2v) is 7.95. The number of hydrogen-bond acceptors (Lipinski definition) is 8. The van der Waals surface area contributed by atoms with Crippen LogP contribution in [-0.2, 0) is 0 Å². The molecule has 1 aliphatic rings. The molecule has 1 fully saturated rings. The number of anilines is 1. The van der Waals surface area contributed by atoms with Gasteiger partial charge in [-0.1, -0.05) is 29.3 Å². The van der Waals surface area contributed by atoms with Gasteiger partial charge in [-0.2, -0.15) is 9.78 Å². The Morgan fingerprint density at radius 2 is 1.97 bits per heavy atom. The number of nitrogens with zero attached hydrogens (tertiary/aromatic N) is 8. The molecule has 10 nitrogen and oxygen atoms in total. The van der Waals surface area contributed by atoms with Crippen molar-refractivity contribution in [3.63, 3.8) is 0 Å². The van der Waals surface area contributed by atoms with Crippen LogP contribution in [0.5, 0.6) is 0 Å². The van der Waals surface area contributed by atoms with E-state index in [9.17, 15) is 0 Å². The molecule has 4 heterocycles. The molecule has 0 unspecified atom stereocenters. The van der Waals surface area contributed by atoms with Gasteiger partial charge in [0.1, 0.15) is 0 Å². The predicted octanol–water partition coefficient (Wildman–Crippen LogP) is 2.80. The minimum Gasteiger partial charge on any atom is -0.382 e. The molecule has 0 bridgehead atoms. The number of halogens is 2. The standard InChI is InChI=1S/C19H18Cl2N10/c20-13-2-1-3-15(16(13)21)31-19(27-28-29-31)17-18(22)24-9-14(26-17)11-8-25-30(10-11)12-4-6-23-7-5-12/h1-3,8-10,12,23H,4-7H2,(H2,22,24). The lowest BCUT2D eigenvalue weighted by Crippen LogP contribution is -2.29. The maximum absolute atomic E-state index is 6.36. The number of hydrogen-bond donors (Lipinski definition) is 2. The van der Waals surface area contributed by atoms with Crippen molar-refractivity contribution in [1.29, 1.82) is 0 Å². The Balaban J connectivity index is 1.53. The smallest absolute Gasteiger partial charge is 0.209 e. The van der Waals surface area contributed by atoms with E-state index >= 15 is 0 Å². The molecule has 0 radical (unpaired) electrons. The number of nitrogens with one attached hydrogen (secondary N) is 1. The van der Waals surface area contributed by atoms with Crippen molar-refractivity contribution >= 4 is 29.0 Å². The molecule has 12 heteroatoms. The summed E-state index contributed by atoms with van der Waals surface area (Å²) in [5, 5.41) is 20.5. The van der Waals surface area contributed by atoms with Crippen molar-refractivity contribution in [3.8, 4) is 28.5 Å². The molecule has 3 aromatic heterocycles. The van der Waals surface area contributed by atoms with E-state index in [-0.39, 0.29) is 5.82 Å². The summed E-state index contributed by atoms with van der Waals surface area (Å²) in [7, 11) is 0. The zero-order chi connectivity index (χ0) is 21.4. The quantitative estimate of drug-likeness (QED) is 0.479. The highest BCUT2D eigenvalue weighted by atomic mass is 35.5. The SMILES string of the molecule is Nc1ncc(-c2cnn(C3CCNCC3)c2)nc1-c1nnnn1-c1cccc(Cl)c1Cl. The molecule has 1 aromatic carbocycles. The lowest BCUT2D eigenvalue weighted by Gasteiger charge is -2.22. The Hall–Kier alpha value is -3.08. The van der Waals surface area contributed by atoms with Gasteiger partial charge in [0.2, 0.25) is 5.82 Å². The predicted molar refractivity (Wildman–Crippen MR) is 117 cm³/mol. The van der Waals surface area contributed by atoms with Crippen LogP contribution >= 0.6 is 23.2 Å². The third-order valence-electron chi connectivity index (χ3n) is 5.22. The van der Waals surface area contributed by atoms with Gasteiger partial charge in [0, 0.05) is 11.8 Å². The molecule has 5 rings (SSSR count). The summed E-state index contributed by atoms with van der Waals surface area (Å²) in [4.78, 5) is 9.00. The van der Waals surface area contributed by atoms with Crippen molar-refractivity contribution in [2.45, 2.75) is 18.9 Å². The number of tetrazole rings is 1. The van der Waals surface area contributed by atoms with E-state index in [2.05, 4.69) is 35.9 Å². The van der Waals surface area contributed by atoms with Crippen LogP contribution in [-0.4, -0.2) is 53.0 Å². The summed E-state index contributed by atoms with van der Waals surface area (Å²) < 4.78 is 3.43. The Morgan fingerprint density at radius 3 is 2.81 bits per heavy atom. The summed E-state index contributed by atoms with van der Waals surface area (Å²) in [6.07, 6.45) is 7.45. The van der Waals surface area contributed by atoms with Crippen molar-refractivity contribution in [2.75, 3.05) is 18.8 Å². The molecule has 1 aliphatic heterocycles. The molecular formula is C19H18Cl2N10. The average molecular weight is 457 g/mol. The Bertz CT molecular complexity index is 1230. The topological polar surface area (TPSA) is 125 Å². The maximum atomic E-state index is 6.36. The van der Waals surface area contributed by atoms with Crippen LogP contribution in [0.2, 0.25) is 10.0 Å². The monoisotopic (exact) mass is 456 g/mol. The summed E-state index contributed by atoms with van der Waals surface area (Å²) in [6.45, 7) is 1.97. The van der Waals surface area contributed by atoms with E-state index in [1.165, 1.54) is 4.68 Å². The van der Waals surface area contributed by atoms with E-state index in [0.717, 1.165) is 31.5 Å². The summed E-state index contributed by atoms with van der Waals surface area (Å²) in [5.41, 5.74) is 8.44. The van der Waals surface area contributed by atoms with Crippen molar-refractivity contribution in [2.24, 2.45) is 0 Å². The second kappa shape index (κ2) is 8.22. The van der Waals surface area contributed by atoms with Crippen molar-refractivity contribution in [1.82, 2.24) is 45.3 Å². The highest BCUT2D eigenvalue weighted by molar-refractivity contribution is 6.43. The number of rotatable bonds is 4. The van der Waals surface area contributed by atoms with E-state index in [1.807, 2.05) is 10.9 Å².